The molecular formula is C21H22ClN5OS2. The van der Waals surface area contributed by atoms with Crippen LogP contribution in [0.15, 0.2) is 42.7 Å². The van der Waals surface area contributed by atoms with Gasteiger partial charge in [0.1, 0.15) is 12.1 Å². The first-order valence-electron chi connectivity index (χ1n) is 9.24. The van der Waals surface area contributed by atoms with E-state index in [2.05, 4.69) is 51.8 Å². The van der Waals surface area contributed by atoms with Crippen LogP contribution in [0.3, 0.4) is 0 Å². The molecule has 2 aromatic heterocycles. The lowest BCUT2D eigenvalue weighted by molar-refractivity contribution is 0.475. The molecule has 4 rings (SSSR count). The van der Waals surface area contributed by atoms with Gasteiger partial charge < -0.3 is 9.30 Å². The van der Waals surface area contributed by atoms with Gasteiger partial charge in [0.25, 0.3) is 5.19 Å². The van der Waals surface area contributed by atoms with Gasteiger partial charge in [-0.3, -0.25) is 5.41 Å². The Balaban J connectivity index is 0.00000256. The minimum atomic E-state index is 0. The Hall–Kier alpha value is -2.55. The Labute approximate surface area is 189 Å². The smallest absolute Gasteiger partial charge is 0.299 e. The number of hydrogen-bond donors (Lipinski definition) is 1. The molecular weight excluding hydrogens is 438 g/mol. The molecule has 30 heavy (non-hydrogen) atoms. The van der Waals surface area contributed by atoms with Crippen LogP contribution in [0.4, 0.5) is 0 Å². The normalized spacial score (nSPS) is 10.6. The number of hydrogen-bond acceptors (Lipinski definition) is 7. The van der Waals surface area contributed by atoms with E-state index in [0.29, 0.717) is 15.8 Å². The van der Waals surface area contributed by atoms with E-state index in [1.807, 2.05) is 23.6 Å². The highest BCUT2D eigenvalue weighted by Crippen LogP contribution is 2.31. The molecule has 0 radical (unpaired) electrons. The number of nitrogens with zero attached hydrogens (tertiary/aromatic N) is 4. The zero-order chi connectivity index (χ0) is 20.4. The quantitative estimate of drug-likeness (QED) is 0.423. The van der Waals surface area contributed by atoms with Gasteiger partial charge in [-0.05, 0) is 49.9 Å². The fraction of sp³-hybridized carbons (Fsp3) is 0.238. The van der Waals surface area contributed by atoms with Gasteiger partial charge >= 0.3 is 0 Å². The maximum absolute atomic E-state index is 7.83. The van der Waals surface area contributed by atoms with Crippen molar-refractivity contribution in [3.8, 4) is 22.3 Å². The number of aromatic nitrogens is 4. The minimum absolute atomic E-state index is 0. The fourth-order valence-corrected chi connectivity index (χ4v) is 4.10. The summed E-state index contributed by atoms with van der Waals surface area (Å²) in [5, 5.41) is 8.37. The molecule has 0 amide bonds. The third-order valence-corrected chi connectivity index (χ3v) is 5.96. The maximum Gasteiger partial charge on any atom is 0.299 e. The van der Waals surface area contributed by atoms with Crippen LogP contribution < -0.4 is 9.54 Å². The van der Waals surface area contributed by atoms with Crippen LogP contribution in [0.25, 0.3) is 11.4 Å². The minimum Gasteiger partial charge on any atom is -0.430 e. The lowest BCUT2D eigenvalue weighted by Crippen LogP contribution is -2.14. The topological polar surface area (TPSA) is 76.7 Å². The molecule has 0 aliphatic carbocycles. The standard InChI is InChI=1S/C21H21N5OS2.ClH/c1-13-4-6-16(7-5-13)19-24-21(29-25-19)27-18-11-14(2)17(10-15(18)3)8-9-26-12-23-28-20(26)22;/h4-7,10-12,22H,8-9H2,1-3H3;1H. The maximum atomic E-state index is 7.83. The van der Waals surface area contributed by atoms with Gasteiger partial charge in [0.2, 0.25) is 4.80 Å². The van der Waals surface area contributed by atoms with Gasteiger partial charge in [0.05, 0.1) is 0 Å². The van der Waals surface area contributed by atoms with Gasteiger partial charge in [-0.2, -0.15) is 13.7 Å². The summed E-state index contributed by atoms with van der Waals surface area (Å²) in [6.45, 7) is 6.92. The second kappa shape index (κ2) is 9.51. The molecule has 6 nitrogen and oxygen atoms in total. The first kappa shape index (κ1) is 22.1. The lowest BCUT2D eigenvalue weighted by atomic mass is 10.0. The van der Waals surface area contributed by atoms with E-state index < -0.39 is 0 Å². The number of benzene rings is 2. The summed E-state index contributed by atoms with van der Waals surface area (Å²) < 4.78 is 16.4. The van der Waals surface area contributed by atoms with E-state index in [0.717, 1.165) is 35.4 Å². The number of rotatable bonds is 6. The number of ether oxygens (including phenoxy) is 1. The zero-order valence-electron chi connectivity index (χ0n) is 16.9. The molecule has 0 spiro atoms. The van der Waals surface area contributed by atoms with E-state index in [4.69, 9.17) is 10.1 Å². The third-order valence-electron chi connectivity index (χ3n) is 4.76. The second-order valence-electron chi connectivity index (χ2n) is 6.96. The van der Waals surface area contributed by atoms with Gasteiger partial charge in [-0.15, -0.1) is 12.4 Å². The summed E-state index contributed by atoms with van der Waals surface area (Å²) in [5.74, 6) is 1.48. The van der Waals surface area contributed by atoms with Crippen LogP contribution >= 0.6 is 35.5 Å². The molecule has 0 unspecified atom stereocenters. The zero-order valence-corrected chi connectivity index (χ0v) is 19.3. The molecule has 0 saturated heterocycles. The molecule has 1 N–H and O–H groups in total. The molecule has 156 valence electrons. The molecule has 0 bridgehead atoms. The number of halogens is 1. The monoisotopic (exact) mass is 459 g/mol. The van der Waals surface area contributed by atoms with Crippen molar-refractivity contribution in [2.45, 2.75) is 33.7 Å². The summed E-state index contributed by atoms with van der Waals surface area (Å²) >= 11 is 2.46. The summed E-state index contributed by atoms with van der Waals surface area (Å²) in [4.78, 5) is 5.01. The van der Waals surface area contributed by atoms with E-state index >= 15 is 0 Å². The third kappa shape index (κ3) is 4.95. The summed E-state index contributed by atoms with van der Waals surface area (Å²) in [6.07, 6.45) is 2.56. The Morgan fingerprint density at radius 3 is 2.50 bits per heavy atom. The van der Waals surface area contributed by atoms with Gasteiger partial charge in [0, 0.05) is 35.2 Å². The largest absolute Gasteiger partial charge is 0.430 e. The summed E-state index contributed by atoms with van der Waals surface area (Å²) in [5.41, 5.74) is 5.64. The lowest BCUT2D eigenvalue weighted by Gasteiger charge is -2.12. The van der Waals surface area contributed by atoms with Gasteiger partial charge in [-0.1, -0.05) is 35.9 Å². The number of nitrogens with one attached hydrogen (secondary N) is 1. The van der Waals surface area contributed by atoms with Crippen LogP contribution in [-0.2, 0) is 13.0 Å². The first-order valence-corrected chi connectivity index (χ1v) is 10.8. The predicted molar refractivity (Wildman–Crippen MR) is 123 cm³/mol. The van der Waals surface area contributed by atoms with Crippen LogP contribution in [-0.4, -0.2) is 18.3 Å². The highest BCUT2D eigenvalue weighted by molar-refractivity contribution is 7.07. The van der Waals surface area contributed by atoms with Crippen molar-refractivity contribution in [3.05, 3.63) is 69.8 Å². The van der Waals surface area contributed by atoms with Crippen LogP contribution in [0.5, 0.6) is 10.9 Å². The van der Waals surface area contributed by atoms with Crippen molar-refractivity contribution in [2.24, 2.45) is 0 Å². The molecule has 2 aromatic carbocycles. The van der Waals surface area contributed by atoms with E-state index in [1.165, 1.54) is 34.2 Å². The average molecular weight is 460 g/mol. The first-order chi connectivity index (χ1) is 14.0. The predicted octanol–water partition coefficient (Wildman–Crippen LogP) is 5.32. The van der Waals surface area contributed by atoms with Gasteiger partial charge in [-0.25, -0.2) is 0 Å². The molecule has 0 aliphatic heterocycles. The highest BCUT2D eigenvalue weighted by Gasteiger charge is 2.12. The fourth-order valence-electron chi connectivity index (χ4n) is 3.03. The van der Waals surface area contributed by atoms with E-state index in [9.17, 15) is 0 Å². The SMILES string of the molecule is Cc1ccc(-c2nsc(Oc3cc(C)c(CCn4cnsc4=N)cc3C)n2)cc1.Cl. The van der Waals surface area contributed by atoms with E-state index in [-0.39, 0.29) is 12.4 Å². The van der Waals surface area contributed by atoms with Crippen molar-refractivity contribution >= 4 is 35.5 Å². The Bertz CT molecular complexity index is 1200. The molecule has 2 heterocycles. The van der Waals surface area contributed by atoms with Crippen molar-refractivity contribution in [1.82, 2.24) is 18.3 Å². The van der Waals surface area contributed by atoms with E-state index in [1.54, 1.807) is 6.33 Å². The summed E-state index contributed by atoms with van der Waals surface area (Å²) in [6, 6.07) is 12.4. The molecule has 4 aromatic rings. The molecule has 9 heteroatoms. The number of aryl methyl sites for hydroxylation is 5. The Morgan fingerprint density at radius 1 is 1.03 bits per heavy atom. The summed E-state index contributed by atoms with van der Waals surface area (Å²) in [7, 11) is 0. The van der Waals surface area contributed by atoms with Crippen molar-refractivity contribution in [1.29, 1.82) is 5.41 Å². The molecule has 0 saturated carbocycles. The van der Waals surface area contributed by atoms with Crippen LogP contribution in [0.1, 0.15) is 22.3 Å². The van der Waals surface area contributed by atoms with Crippen LogP contribution in [0, 0.1) is 26.2 Å². The highest BCUT2D eigenvalue weighted by atomic mass is 35.5. The Kier molecular flexibility index (Phi) is 7.02. The molecule has 0 fully saturated rings. The average Bonchev–Trinajstić information content (AvgIpc) is 3.33. The van der Waals surface area contributed by atoms with Crippen molar-refractivity contribution < 1.29 is 4.74 Å². The Morgan fingerprint density at radius 2 is 1.80 bits per heavy atom. The van der Waals surface area contributed by atoms with Crippen molar-refractivity contribution in [3.63, 3.8) is 0 Å². The second-order valence-corrected chi connectivity index (χ2v) is 8.45. The molecule has 0 atom stereocenters. The molecule has 0 aliphatic rings. The van der Waals surface area contributed by atoms with Crippen LogP contribution in [0.2, 0.25) is 0 Å². The van der Waals surface area contributed by atoms with Crippen molar-refractivity contribution in [2.75, 3.05) is 0 Å². The van der Waals surface area contributed by atoms with Gasteiger partial charge in [0.15, 0.2) is 5.82 Å².